The van der Waals surface area contributed by atoms with Gasteiger partial charge in [-0.3, -0.25) is 0 Å². The molecule has 0 bridgehead atoms. The van der Waals surface area contributed by atoms with Gasteiger partial charge >= 0.3 is 0 Å². The van der Waals surface area contributed by atoms with Crippen LogP contribution >= 0.6 is 23.3 Å². The third kappa shape index (κ3) is 2.99. The minimum Gasteiger partial charge on any atom is -0.233 e. The van der Waals surface area contributed by atoms with Crippen molar-refractivity contribution in [3.63, 3.8) is 0 Å². The molecular formula is C17H24N2S2. The fourth-order valence-electron chi connectivity index (χ4n) is 3.98. The van der Waals surface area contributed by atoms with Crippen LogP contribution in [-0.2, 0) is 0 Å². The molecule has 1 saturated heterocycles. The molecule has 0 aliphatic carbocycles. The van der Waals surface area contributed by atoms with E-state index in [0.717, 1.165) is 15.8 Å². The van der Waals surface area contributed by atoms with Crippen LogP contribution in [-0.4, -0.2) is 20.4 Å². The van der Waals surface area contributed by atoms with E-state index in [9.17, 15) is 0 Å². The summed E-state index contributed by atoms with van der Waals surface area (Å²) in [7, 11) is 0. The molecule has 3 rings (SSSR count). The molecule has 21 heavy (non-hydrogen) atoms. The van der Waals surface area contributed by atoms with Gasteiger partial charge in [0.05, 0.1) is 10.2 Å². The lowest BCUT2D eigenvalue weighted by Gasteiger charge is -2.53. The predicted molar refractivity (Wildman–Crippen MR) is 93.9 cm³/mol. The van der Waals surface area contributed by atoms with Crippen molar-refractivity contribution in [1.82, 2.24) is 9.29 Å². The summed E-state index contributed by atoms with van der Waals surface area (Å²) in [5, 5.41) is 0. The number of hydrogen-bond acceptors (Lipinski definition) is 4. The number of hydrogen-bond donors (Lipinski definition) is 0. The molecule has 2 nitrogen and oxygen atoms in total. The van der Waals surface area contributed by atoms with Gasteiger partial charge in [0.15, 0.2) is 4.34 Å². The Bertz CT molecular complexity index is 594. The zero-order chi connectivity index (χ0) is 15.3. The van der Waals surface area contributed by atoms with Gasteiger partial charge in [0.25, 0.3) is 0 Å². The quantitative estimate of drug-likeness (QED) is 0.671. The number of aromatic nitrogens is 1. The van der Waals surface area contributed by atoms with Crippen LogP contribution < -0.4 is 0 Å². The summed E-state index contributed by atoms with van der Waals surface area (Å²) < 4.78 is 5.02. The molecule has 114 valence electrons. The number of thiazole rings is 1. The first-order valence-electron chi connectivity index (χ1n) is 7.62. The molecule has 2 aromatic rings. The zero-order valence-electron chi connectivity index (χ0n) is 13.5. The first-order chi connectivity index (χ1) is 9.78. The van der Waals surface area contributed by atoms with Crippen molar-refractivity contribution in [2.24, 2.45) is 5.92 Å². The summed E-state index contributed by atoms with van der Waals surface area (Å²) in [6, 6.07) is 8.41. The van der Waals surface area contributed by atoms with Crippen LogP contribution in [0.1, 0.15) is 47.5 Å². The zero-order valence-corrected chi connectivity index (χ0v) is 15.1. The number of nitrogens with zero attached hydrogens (tertiary/aromatic N) is 2. The number of rotatable bonds is 2. The van der Waals surface area contributed by atoms with Gasteiger partial charge in [-0.1, -0.05) is 19.1 Å². The molecule has 1 aromatic carbocycles. The maximum Gasteiger partial charge on any atom is 0.166 e. The summed E-state index contributed by atoms with van der Waals surface area (Å²) in [6.07, 6.45) is 2.49. The van der Waals surface area contributed by atoms with Gasteiger partial charge in [0, 0.05) is 11.1 Å². The summed E-state index contributed by atoms with van der Waals surface area (Å²) >= 11 is 3.65. The predicted octanol–water partition coefficient (Wildman–Crippen LogP) is 5.59. The lowest BCUT2D eigenvalue weighted by Crippen LogP contribution is -2.56. The van der Waals surface area contributed by atoms with Gasteiger partial charge in [-0.15, -0.1) is 11.3 Å². The first kappa shape index (κ1) is 15.3. The molecule has 0 radical (unpaired) electrons. The van der Waals surface area contributed by atoms with Gasteiger partial charge in [0.1, 0.15) is 0 Å². The number of benzene rings is 1. The Morgan fingerprint density at radius 3 is 2.38 bits per heavy atom. The van der Waals surface area contributed by atoms with Gasteiger partial charge in [-0.05, 0) is 70.5 Å². The van der Waals surface area contributed by atoms with Crippen LogP contribution in [0.2, 0.25) is 0 Å². The van der Waals surface area contributed by atoms with Crippen LogP contribution in [0, 0.1) is 5.92 Å². The lowest BCUT2D eigenvalue weighted by atomic mass is 9.77. The number of para-hydroxylation sites is 1. The molecule has 4 heteroatoms. The SMILES string of the molecule is CC1CC(C)(C)N(Sc2nc3ccccc3s2)C(C)(C)C1. The van der Waals surface area contributed by atoms with Gasteiger partial charge in [-0.25, -0.2) is 9.29 Å². The molecular weight excluding hydrogens is 296 g/mol. The Balaban J connectivity index is 1.91. The molecule has 1 fully saturated rings. The van der Waals surface area contributed by atoms with E-state index in [2.05, 4.69) is 63.2 Å². The summed E-state index contributed by atoms with van der Waals surface area (Å²) in [4.78, 5) is 4.80. The smallest absolute Gasteiger partial charge is 0.166 e. The average Bonchev–Trinajstić information content (AvgIpc) is 2.75. The maximum atomic E-state index is 4.80. The standard InChI is InChI=1S/C17H24N2S2/c1-12-10-16(2,3)19(17(4,5)11-12)21-15-18-13-8-6-7-9-14(13)20-15/h6-9,12H,10-11H2,1-5H3. The van der Waals surface area contributed by atoms with Gasteiger partial charge in [-0.2, -0.15) is 0 Å². The topological polar surface area (TPSA) is 16.1 Å². The molecule has 0 spiro atoms. The second kappa shape index (κ2) is 5.25. The Kier molecular flexibility index (Phi) is 3.83. The van der Waals surface area contributed by atoms with Gasteiger partial charge < -0.3 is 0 Å². The molecule has 0 unspecified atom stereocenters. The minimum atomic E-state index is 0.198. The minimum absolute atomic E-state index is 0.198. The van der Waals surface area contributed by atoms with Crippen LogP contribution in [0.25, 0.3) is 10.2 Å². The molecule has 1 aliphatic heterocycles. The Morgan fingerprint density at radius 1 is 1.14 bits per heavy atom. The molecule has 0 N–H and O–H groups in total. The van der Waals surface area contributed by atoms with E-state index in [4.69, 9.17) is 4.98 Å². The largest absolute Gasteiger partial charge is 0.233 e. The van der Waals surface area contributed by atoms with Crippen molar-refractivity contribution in [2.45, 2.75) is 62.9 Å². The number of fused-ring (bicyclic) bond motifs is 1. The fraction of sp³-hybridized carbons (Fsp3) is 0.588. The van der Waals surface area contributed by atoms with Crippen molar-refractivity contribution in [1.29, 1.82) is 0 Å². The van der Waals surface area contributed by atoms with Crippen LogP contribution in [0.15, 0.2) is 28.6 Å². The Morgan fingerprint density at radius 2 is 1.76 bits per heavy atom. The van der Waals surface area contributed by atoms with E-state index in [1.165, 1.54) is 17.5 Å². The fourth-order valence-corrected chi connectivity index (χ4v) is 6.26. The Labute approximate surface area is 136 Å². The van der Waals surface area contributed by atoms with Crippen molar-refractivity contribution >= 4 is 33.5 Å². The third-order valence-electron chi connectivity index (χ3n) is 4.24. The second-order valence-corrected chi connectivity index (χ2v) is 9.69. The second-order valence-electron chi connectivity index (χ2n) is 7.47. The van der Waals surface area contributed by atoms with Crippen LogP contribution in [0.4, 0.5) is 0 Å². The summed E-state index contributed by atoms with van der Waals surface area (Å²) in [5.41, 5.74) is 1.51. The monoisotopic (exact) mass is 320 g/mol. The normalized spacial score (nSPS) is 22.7. The van der Waals surface area contributed by atoms with Crippen molar-refractivity contribution in [2.75, 3.05) is 0 Å². The van der Waals surface area contributed by atoms with E-state index >= 15 is 0 Å². The van der Waals surface area contributed by atoms with Crippen LogP contribution in [0.5, 0.6) is 0 Å². The molecule has 0 atom stereocenters. The van der Waals surface area contributed by atoms with Crippen molar-refractivity contribution in [3.8, 4) is 0 Å². The highest BCUT2D eigenvalue weighted by Crippen LogP contribution is 2.48. The molecule has 0 amide bonds. The number of piperidine rings is 1. The highest BCUT2D eigenvalue weighted by molar-refractivity contribution is 7.99. The summed E-state index contributed by atoms with van der Waals surface area (Å²) in [5.74, 6) is 0.780. The third-order valence-corrected chi connectivity index (χ3v) is 6.96. The highest BCUT2D eigenvalue weighted by atomic mass is 32.2. The van der Waals surface area contributed by atoms with Crippen LogP contribution in [0.3, 0.4) is 0 Å². The van der Waals surface area contributed by atoms with E-state index in [0.29, 0.717) is 0 Å². The maximum absolute atomic E-state index is 4.80. The molecule has 1 aromatic heterocycles. The first-order valence-corrected chi connectivity index (χ1v) is 9.21. The van der Waals surface area contributed by atoms with Crippen molar-refractivity contribution < 1.29 is 0 Å². The van der Waals surface area contributed by atoms with Crippen molar-refractivity contribution in [3.05, 3.63) is 24.3 Å². The van der Waals surface area contributed by atoms with Gasteiger partial charge in [0.2, 0.25) is 0 Å². The molecule has 2 heterocycles. The molecule has 1 aliphatic rings. The van der Waals surface area contributed by atoms with E-state index in [-0.39, 0.29) is 11.1 Å². The Hall–Kier alpha value is -0.580. The average molecular weight is 321 g/mol. The molecule has 0 saturated carbocycles. The summed E-state index contributed by atoms with van der Waals surface area (Å²) in [6.45, 7) is 11.8. The van der Waals surface area contributed by atoms with E-state index < -0.39 is 0 Å². The van der Waals surface area contributed by atoms with E-state index in [1.54, 1.807) is 11.3 Å². The van der Waals surface area contributed by atoms with E-state index in [1.807, 2.05) is 11.9 Å². The highest BCUT2D eigenvalue weighted by Gasteiger charge is 2.45. The lowest BCUT2D eigenvalue weighted by molar-refractivity contribution is 0.0370.